The summed E-state index contributed by atoms with van der Waals surface area (Å²) in [5, 5.41) is 1.00. The molecule has 0 amide bonds. The lowest BCUT2D eigenvalue weighted by molar-refractivity contribution is 0.772. The zero-order chi connectivity index (χ0) is 17.7. The van der Waals surface area contributed by atoms with Crippen LogP contribution in [-0.4, -0.2) is 14.2 Å². The van der Waals surface area contributed by atoms with Crippen molar-refractivity contribution in [1.82, 2.24) is 14.2 Å². The first kappa shape index (κ1) is 14.6. The minimum Gasteiger partial charge on any atom is -0.285 e. The van der Waals surface area contributed by atoms with Crippen molar-refractivity contribution >= 4 is 27.5 Å². The average Bonchev–Trinajstić information content (AvgIpc) is 2.70. The Hall–Kier alpha value is -3.73. The van der Waals surface area contributed by atoms with E-state index < -0.39 is 0 Å². The zero-order valence-corrected chi connectivity index (χ0v) is 13.7. The van der Waals surface area contributed by atoms with Crippen LogP contribution in [0.25, 0.3) is 33.1 Å². The van der Waals surface area contributed by atoms with Gasteiger partial charge in [-0.3, -0.25) is 9.59 Å². The molecule has 0 atom stereocenters. The summed E-state index contributed by atoms with van der Waals surface area (Å²) in [6.07, 6.45) is 0. The summed E-state index contributed by atoms with van der Waals surface area (Å²) in [4.78, 5) is 30.8. The fourth-order valence-corrected chi connectivity index (χ4v) is 3.36. The van der Waals surface area contributed by atoms with Crippen LogP contribution < -0.4 is 11.0 Å². The first-order valence-electron chi connectivity index (χ1n) is 8.27. The molecule has 124 valence electrons. The number of fused-ring (bicyclic) bond motifs is 3. The van der Waals surface area contributed by atoms with E-state index >= 15 is 0 Å². The molecule has 2 heterocycles. The van der Waals surface area contributed by atoms with E-state index in [9.17, 15) is 9.59 Å². The molecule has 5 rings (SSSR count). The highest BCUT2D eigenvalue weighted by atomic mass is 16.1. The topological polar surface area (TPSA) is 56.4 Å². The van der Waals surface area contributed by atoms with Crippen LogP contribution in [0.3, 0.4) is 0 Å². The minimum atomic E-state index is -0.266. The lowest BCUT2D eigenvalue weighted by atomic mass is 10.2. The molecule has 0 N–H and O–H groups in total. The van der Waals surface area contributed by atoms with Gasteiger partial charge in [-0.1, -0.05) is 42.5 Å². The van der Waals surface area contributed by atoms with E-state index in [1.807, 2.05) is 54.6 Å². The van der Waals surface area contributed by atoms with Gasteiger partial charge in [-0.05, 0) is 36.4 Å². The maximum Gasteiger partial charge on any atom is 0.281 e. The number of hydrogen-bond acceptors (Lipinski definition) is 3. The summed E-state index contributed by atoms with van der Waals surface area (Å²) in [7, 11) is 0. The van der Waals surface area contributed by atoms with Crippen LogP contribution in [0.4, 0.5) is 0 Å². The van der Waals surface area contributed by atoms with E-state index in [1.165, 1.54) is 4.52 Å². The molecule has 0 aliphatic rings. The highest BCUT2D eigenvalue weighted by Gasteiger charge is 2.16. The Balaban J connectivity index is 2.16. The van der Waals surface area contributed by atoms with Crippen molar-refractivity contribution in [3.05, 3.63) is 99.4 Å². The van der Waals surface area contributed by atoms with Gasteiger partial charge in [-0.25, -0.2) is 9.67 Å². The van der Waals surface area contributed by atoms with Crippen LogP contribution in [0, 0.1) is 0 Å². The summed E-state index contributed by atoms with van der Waals surface area (Å²) in [6, 6.07) is 23.9. The van der Waals surface area contributed by atoms with Gasteiger partial charge >= 0.3 is 0 Å². The van der Waals surface area contributed by atoms with Crippen molar-refractivity contribution < 1.29 is 0 Å². The molecule has 2 aromatic heterocycles. The van der Waals surface area contributed by atoms with Gasteiger partial charge in [0.15, 0.2) is 0 Å². The van der Waals surface area contributed by atoms with Crippen molar-refractivity contribution in [2.24, 2.45) is 0 Å². The van der Waals surface area contributed by atoms with E-state index in [0.29, 0.717) is 21.8 Å². The second-order valence-corrected chi connectivity index (χ2v) is 6.06. The average molecular weight is 339 g/mol. The van der Waals surface area contributed by atoms with E-state index in [-0.39, 0.29) is 16.6 Å². The Bertz CT molecular complexity index is 1420. The first-order valence-corrected chi connectivity index (χ1v) is 8.27. The molecule has 0 saturated heterocycles. The molecule has 3 aromatic carbocycles. The van der Waals surface area contributed by atoms with E-state index in [4.69, 9.17) is 0 Å². The minimum absolute atomic E-state index is 0.122. The largest absolute Gasteiger partial charge is 0.285 e. The van der Waals surface area contributed by atoms with Gasteiger partial charge in [0.25, 0.3) is 5.56 Å². The fourth-order valence-electron chi connectivity index (χ4n) is 3.36. The molecule has 0 unspecified atom stereocenters. The second-order valence-electron chi connectivity index (χ2n) is 6.06. The predicted octanol–water partition coefficient (Wildman–Crippen LogP) is 3.15. The number of aromatic nitrogens is 3. The van der Waals surface area contributed by atoms with Crippen molar-refractivity contribution in [1.29, 1.82) is 0 Å². The molecule has 0 fully saturated rings. The Labute approximate surface area is 147 Å². The molecule has 26 heavy (non-hydrogen) atoms. The van der Waals surface area contributed by atoms with Gasteiger partial charge < -0.3 is 0 Å². The SMILES string of the molecule is O=c1c2ccccc2n(-c2ccccc2)n2c(=O)c3ccccc3nc12. The van der Waals surface area contributed by atoms with E-state index in [2.05, 4.69) is 4.98 Å². The summed E-state index contributed by atoms with van der Waals surface area (Å²) >= 11 is 0. The number of para-hydroxylation sites is 3. The van der Waals surface area contributed by atoms with Gasteiger partial charge in [0.05, 0.1) is 27.5 Å². The molecule has 5 heteroatoms. The maximum absolute atomic E-state index is 13.2. The maximum atomic E-state index is 13.2. The molecule has 0 bridgehead atoms. The summed E-state index contributed by atoms with van der Waals surface area (Å²) in [6.45, 7) is 0. The molecular weight excluding hydrogens is 326 g/mol. The predicted molar refractivity (Wildman–Crippen MR) is 102 cm³/mol. The first-order chi connectivity index (χ1) is 12.8. The van der Waals surface area contributed by atoms with Gasteiger partial charge in [-0.2, -0.15) is 4.52 Å². The summed E-state index contributed by atoms with van der Waals surface area (Å²) in [5.41, 5.74) is 1.57. The normalized spacial score (nSPS) is 11.4. The van der Waals surface area contributed by atoms with Crippen LogP contribution in [0.1, 0.15) is 0 Å². The molecule has 0 spiro atoms. The van der Waals surface area contributed by atoms with Crippen molar-refractivity contribution in [2.75, 3.05) is 0 Å². The number of benzene rings is 3. The van der Waals surface area contributed by atoms with Gasteiger partial charge in [-0.15, -0.1) is 0 Å². The molecule has 5 aromatic rings. The van der Waals surface area contributed by atoms with Crippen LogP contribution in [-0.2, 0) is 0 Å². The van der Waals surface area contributed by atoms with Crippen LogP contribution in [0.5, 0.6) is 0 Å². The second kappa shape index (κ2) is 5.39. The zero-order valence-electron chi connectivity index (χ0n) is 13.7. The van der Waals surface area contributed by atoms with E-state index in [0.717, 1.165) is 5.69 Å². The Morgan fingerprint density at radius 3 is 2.15 bits per heavy atom. The summed E-state index contributed by atoms with van der Waals surface area (Å²) in [5.74, 6) is 0. The van der Waals surface area contributed by atoms with Crippen molar-refractivity contribution in [3.63, 3.8) is 0 Å². The smallest absolute Gasteiger partial charge is 0.281 e. The van der Waals surface area contributed by atoms with Crippen LogP contribution in [0.15, 0.2) is 88.5 Å². The number of nitrogens with zero attached hydrogens (tertiary/aromatic N) is 3. The number of hydrogen-bond donors (Lipinski definition) is 0. The monoisotopic (exact) mass is 339 g/mol. The van der Waals surface area contributed by atoms with Crippen molar-refractivity contribution in [3.8, 4) is 5.69 Å². The standard InChI is InChI=1S/C21H13N3O2/c25-19-16-11-5-7-13-18(16)23(14-8-2-1-3-9-14)24-20(19)22-17-12-6-4-10-15(17)21(24)26/h1-13H. The molecule has 0 saturated carbocycles. The third kappa shape index (κ3) is 1.94. The molecular formula is C21H13N3O2. The van der Waals surface area contributed by atoms with Gasteiger partial charge in [0.1, 0.15) is 0 Å². The quantitative estimate of drug-likeness (QED) is 0.441. The van der Waals surface area contributed by atoms with Crippen LogP contribution in [0.2, 0.25) is 0 Å². The Morgan fingerprint density at radius 2 is 1.35 bits per heavy atom. The van der Waals surface area contributed by atoms with E-state index in [1.54, 1.807) is 28.9 Å². The highest BCUT2D eigenvalue weighted by Crippen LogP contribution is 2.18. The fraction of sp³-hybridized carbons (Fsp3) is 0. The molecule has 0 aliphatic heterocycles. The summed E-state index contributed by atoms with van der Waals surface area (Å²) < 4.78 is 3.14. The lowest BCUT2D eigenvalue weighted by Crippen LogP contribution is -2.29. The Kier molecular flexibility index (Phi) is 3.03. The molecule has 5 nitrogen and oxygen atoms in total. The van der Waals surface area contributed by atoms with Crippen LogP contribution >= 0.6 is 0 Å². The third-order valence-electron chi connectivity index (χ3n) is 4.53. The third-order valence-corrected chi connectivity index (χ3v) is 4.53. The van der Waals surface area contributed by atoms with Gasteiger partial charge in [0.2, 0.25) is 11.1 Å². The lowest BCUT2D eigenvalue weighted by Gasteiger charge is -2.16. The number of rotatable bonds is 1. The van der Waals surface area contributed by atoms with Crippen molar-refractivity contribution in [2.45, 2.75) is 0 Å². The molecule has 0 radical (unpaired) electrons. The Morgan fingerprint density at radius 1 is 0.692 bits per heavy atom. The van der Waals surface area contributed by atoms with Gasteiger partial charge in [0, 0.05) is 0 Å². The highest BCUT2D eigenvalue weighted by molar-refractivity contribution is 5.85. The molecule has 0 aliphatic carbocycles.